The zero-order chi connectivity index (χ0) is 4.50. The Morgan fingerprint density at radius 1 is 1.25 bits per heavy atom. The Balaban J connectivity index is -0.0000000133. The summed E-state index contributed by atoms with van der Waals surface area (Å²) < 4.78 is 8.88. The molecule has 0 rings (SSSR count). The average Bonchev–Trinajstić information content (AvgIpc) is 0.722. The van der Waals surface area contributed by atoms with Crippen LogP contribution in [0.3, 0.4) is 0 Å². The van der Waals surface area contributed by atoms with Crippen molar-refractivity contribution in [3.8, 4) is 0 Å². The van der Waals surface area contributed by atoms with Gasteiger partial charge < -0.3 is 16.1 Å². The Hall–Kier alpha value is 2.12. The molecule has 0 amide bonds. The molecule has 0 aliphatic heterocycles. The van der Waals surface area contributed by atoms with Gasteiger partial charge in [0.25, 0.3) is 0 Å². The normalized spacial score (nSPS) is 7.38. The van der Waals surface area contributed by atoms with Crippen LogP contribution in [0, 0.1) is 0 Å². The molecule has 8 heteroatoms. The Labute approximate surface area is 90.2 Å². The Morgan fingerprint density at radius 3 is 1.25 bits per heavy atom. The van der Waals surface area contributed by atoms with Crippen LogP contribution in [0.1, 0.15) is 1.43 Å². The van der Waals surface area contributed by atoms with Crippen LogP contribution in [0.2, 0.25) is 0 Å². The molecule has 44 valence electrons. The van der Waals surface area contributed by atoms with Crippen LogP contribution in [-0.2, 0) is 30.8 Å². The molecule has 0 aromatic carbocycles. The summed E-state index contributed by atoms with van der Waals surface area (Å²) >= 11 is 0. The fraction of sp³-hybridized carbons (Fsp3) is 0. The maximum absolute atomic E-state index is 8.88. The summed E-state index contributed by atoms with van der Waals surface area (Å²) in [5.74, 6) is 0. The van der Waals surface area contributed by atoms with E-state index in [-0.39, 0.29) is 63.9 Å². The first-order chi connectivity index (χ1) is 2.00. The van der Waals surface area contributed by atoms with Crippen molar-refractivity contribution in [1.82, 2.24) is 0 Å². The predicted molar refractivity (Wildman–Crippen MR) is 25.3 cm³/mol. The summed E-state index contributed by atoms with van der Waals surface area (Å²) in [6, 6.07) is 0. The van der Waals surface area contributed by atoms with Crippen molar-refractivity contribution in [1.29, 1.82) is 0 Å². The SMILES string of the molecule is O=P(O)(O)O.[AlH3].[H-].[Li+].[Zr]. The number of rotatable bonds is 0. The van der Waals surface area contributed by atoms with Gasteiger partial charge in [0.1, 0.15) is 0 Å². The third-order valence-corrected chi connectivity index (χ3v) is 0. The molecule has 0 aromatic heterocycles. The average molecular weight is 227 g/mol. The van der Waals surface area contributed by atoms with E-state index in [0.717, 1.165) is 0 Å². The molecule has 0 saturated carbocycles. The molecule has 0 aromatic rings. The van der Waals surface area contributed by atoms with E-state index in [1.165, 1.54) is 0 Å². The molecule has 0 unspecified atom stereocenters. The van der Waals surface area contributed by atoms with Crippen LogP contribution in [0.15, 0.2) is 0 Å². The second-order valence-corrected chi connectivity index (χ2v) is 1.54. The topological polar surface area (TPSA) is 77.8 Å². The van der Waals surface area contributed by atoms with E-state index in [4.69, 9.17) is 19.2 Å². The van der Waals surface area contributed by atoms with Gasteiger partial charge in [-0.3, -0.25) is 0 Å². The van der Waals surface area contributed by atoms with Gasteiger partial charge in [-0.1, -0.05) is 0 Å². The van der Waals surface area contributed by atoms with Crippen LogP contribution in [0.25, 0.3) is 0 Å². The van der Waals surface area contributed by atoms with Crippen molar-refractivity contribution in [3.63, 3.8) is 0 Å². The molecule has 3 N–H and O–H groups in total. The predicted octanol–water partition coefficient (Wildman–Crippen LogP) is -5.00. The van der Waals surface area contributed by atoms with E-state index in [1.807, 2.05) is 0 Å². The van der Waals surface area contributed by atoms with Gasteiger partial charge in [-0.2, -0.15) is 0 Å². The quantitative estimate of drug-likeness (QED) is 0.286. The van der Waals surface area contributed by atoms with Gasteiger partial charge in [0, 0.05) is 26.2 Å². The molecule has 8 heavy (non-hydrogen) atoms. The van der Waals surface area contributed by atoms with Gasteiger partial charge in [-0.15, -0.1) is 0 Å². The molecule has 0 radical (unpaired) electrons. The van der Waals surface area contributed by atoms with Gasteiger partial charge in [0.2, 0.25) is 0 Å². The molecule has 0 aliphatic carbocycles. The number of hydrogen-bond donors (Lipinski definition) is 3. The number of phosphoric acid groups is 1. The summed E-state index contributed by atoms with van der Waals surface area (Å²) in [6.45, 7) is 0. The largest absolute Gasteiger partial charge is 1.00 e. The van der Waals surface area contributed by atoms with Gasteiger partial charge in [0.05, 0.1) is 0 Å². The van der Waals surface area contributed by atoms with E-state index in [0.29, 0.717) is 0 Å². The van der Waals surface area contributed by atoms with Crippen molar-refractivity contribution >= 4 is 25.2 Å². The van der Waals surface area contributed by atoms with Crippen LogP contribution in [0.4, 0.5) is 0 Å². The number of hydrogen-bond acceptors (Lipinski definition) is 1. The second kappa shape index (κ2) is 9.12. The Kier molecular flexibility index (Phi) is 25.6. The summed E-state index contributed by atoms with van der Waals surface area (Å²) in [6.07, 6.45) is 0. The van der Waals surface area contributed by atoms with Crippen LogP contribution in [0.5, 0.6) is 0 Å². The first-order valence-corrected chi connectivity index (χ1v) is 2.35. The second-order valence-electron chi connectivity index (χ2n) is 0.513. The standard InChI is InChI=1S/Al.Li.H3O4P.Zr.4H/c;;1-5(2,3)4;;;;;/h;;(H3,1,2,3,4);;;;;/q;+1;;;;;;-1. The minimum Gasteiger partial charge on any atom is -1.00 e. The van der Waals surface area contributed by atoms with Gasteiger partial charge in [-0.25, -0.2) is 4.57 Å². The molecular formula is H7AlLiO4PZr. The minimum absolute atomic E-state index is 0. The van der Waals surface area contributed by atoms with Crippen LogP contribution >= 0.6 is 7.82 Å². The van der Waals surface area contributed by atoms with Gasteiger partial charge in [0.15, 0.2) is 17.4 Å². The molecule has 0 saturated heterocycles. The van der Waals surface area contributed by atoms with E-state index in [1.54, 1.807) is 0 Å². The first kappa shape index (κ1) is 22.5. The first-order valence-electron chi connectivity index (χ1n) is 0.783. The molecule has 0 spiro atoms. The van der Waals surface area contributed by atoms with Crippen molar-refractivity contribution in [3.05, 3.63) is 0 Å². The van der Waals surface area contributed by atoms with Gasteiger partial charge in [-0.05, 0) is 0 Å². The van der Waals surface area contributed by atoms with Crippen LogP contribution in [-0.4, -0.2) is 32.0 Å². The zero-order valence-corrected chi connectivity index (χ0v) is 7.05. The molecule has 0 atom stereocenters. The fourth-order valence-electron chi connectivity index (χ4n) is 0. The van der Waals surface area contributed by atoms with Crippen molar-refractivity contribution in [2.45, 2.75) is 0 Å². The smallest absolute Gasteiger partial charge is 1.00 e. The molecule has 0 aliphatic rings. The Bertz CT molecular complexity index is 66.7. The van der Waals surface area contributed by atoms with E-state index in [2.05, 4.69) is 0 Å². The van der Waals surface area contributed by atoms with Gasteiger partial charge >= 0.3 is 26.7 Å². The van der Waals surface area contributed by atoms with Crippen molar-refractivity contribution in [2.24, 2.45) is 0 Å². The third-order valence-electron chi connectivity index (χ3n) is 0. The maximum Gasteiger partial charge on any atom is 1.00 e. The summed E-state index contributed by atoms with van der Waals surface area (Å²) in [5.41, 5.74) is 0. The molecule has 0 heterocycles. The van der Waals surface area contributed by atoms with Crippen LogP contribution < -0.4 is 18.9 Å². The summed E-state index contributed by atoms with van der Waals surface area (Å²) in [5, 5.41) is 0. The monoisotopic (exact) mass is 226 g/mol. The maximum atomic E-state index is 8.88. The Morgan fingerprint density at radius 2 is 1.25 bits per heavy atom. The van der Waals surface area contributed by atoms with Crippen molar-refractivity contribution in [2.75, 3.05) is 0 Å². The van der Waals surface area contributed by atoms with Crippen molar-refractivity contribution < 1.29 is 65.7 Å². The molecular weight excluding hydrogens is 220 g/mol. The summed E-state index contributed by atoms with van der Waals surface area (Å²) in [4.78, 5) is 21.6. The molecule has 0 fully saturated rings. The van der Waals surface area contributed by atoms with E-state index < -0.39 is 7.82 Å². The minimum atomic E-state index is -4.64. The fourth-order valence-corrected chi connectivity index (χ4v) is 0. The van der Waals surface area contributed by atoms with E-state index >= 15 is 0 Å². The summed E-state index contributed by atoms with van der Waals surface area (Å²) in [7, 11) is -4.64. The molecule has 0 bridgehead atoms. The molecule has 4 nitrogen and oxygen atoms in total. The third kappa shape index (κ3) is 91.4. The van der Waals surface area contributed by atoms with E-state index in [9.17, 15) is 0 Å². The zero-order valence-electron chi connectivity index (χ0n) is 4.70.